The summed E-state index contributed by atoms with van der Waals surface area (Å²) >= 11 is 1.71. The van der Waals surface area contributed by atoms with Crippen LogP contribution >= 0.6 is 11.3 Å². The maximum Gasteiger partial charge on any atom is 0.0965 e. The highest BCUT2D eigenvalue weighted by Crippen LogP contribution is 2.16. The summed E-state index contributed by atoms with van der Waals surface area (Å²) in [6, 6.07) is 0.394. The molecule has 1 heterocycles. The molecule has 1 aromatic heterocycles. The third-order valence-electron chi connectivity index (χ3n) is 2.71. The van der Waals surface area contributed by atoms with Gasteiger partial charge < -0.3 is 15.8 Å². The average molecular weight is 257 g/mol. The molecule has 0 saturated carbocycles. The minimum atomic E-state index is 0.394. The van der Waals surface area contributed by atoms with Gasteiger partial charge in [-0.3, -0.25) is 0 Å². The Morgan fingerprint density at radius 1 is 1.59 bits per heavy atom. The molecule has 0 aliphatic heterocycles. The molecule has 2 unspecified atom stereocenters. The molecule has 0 aliphatic carbocycles. The van der Waals surface area contributed by atoms with Gasteiger partial charge in [-0.15, -0.1) is 11.3 Å². The number of ether oxygens (including phenoxy) is 1. The molecule has 0 aliphatic rings. The summed E-state index contributed by atoms with van der Waals surface area (Å²) in [6.07, 6.45) is 3.96. The molecule has 2 atom stereocenters. The lowest BCUT2D eigenvalue weighted by molar-refractivity contribution is 0.161. The van der Waals surface area contributed by atoms with Crippen LogP contribution in [0, 0.1) is 0 Å². The van der Waals surface area contributed by atoms with Crippen molar-refractivity contribution >= 4 is 11.3 Å². The van der Waals surface area contributed by atoms with Gasteiger partial charge in [0, 0.05) is 37.2 Å². The lowest BCUT2D eigenvalue weighted by atomic mass is 10.1. The van der Waals surface area contributed by atoms with E-state index >= 15 is 0 Å². The number of methoxy groups -OCH3 is 1. The molecule has 0 spiro atoms. The van der Waals surface area contributed by atoms with Crippen LogP contribution in [0.2, 0.25) is 0 Å². The highest BCUT2D eigenvalue weighted by Gasteiger charge is 2.12. The van der Waals surface area contributed by atoms with Gasteiger partial charge in [0.15, 0.2) is 0 Å². The van der Waals surface area contributed by atoms with Gasteiger partial charge in [-0.25, -0.2) is 4.98 Å². The first-order chi connectivity index (χ1) is 8.27. The highest BCUT2D eigenvalue weighted by atomic mass is 32.1. The van der Waals surface area contributed by atoms with E-state index in [9.17, 15) is 0 Å². The molecule has 98 valence electrons. The first-order valence-electron chi connectivity index (χ1n) is 6.09. The minimum absolute atomic E-state index is 0.394. The standard InChI is InChI=1S/C12H23N3OS/c1-10(12-14-6-7-17-12)8-15-11(9-16-2)4-3-5-13/h6-7,10-11,15H,3-5,8-9,13H2,1-2H3. The first-order valence-corrected chi connectivity index (χ1v) is 6.97. The Labute approximate surface area is 108 Å². The molecule has 1 aromatic rings. The third-order valence-corrected chi connectivity index (χ3v) is 3.72. The Morgan fingerprint density at radius 3 is 3.00 bits per heavy atom. The van der Waals surface area contributed by atoms with Gasteiger partial charge in [0.25, 0.3) is 0 Å². The van der Waals surface area contributed by atoms with Crippen molar-refractivity contribution < 1.29 is 4.74 Å². The predicted octanol–water partition coefficient (Wildman–Crippen LogP) is 1.59. The van der Waals surface area contributed by atoms with Gasteiger partial charge >= 0.3 is 0 Å². The molecule has 0 radical (unpaired) electrons. The second-order valence-electron chi connectivity index (χ2n) is 4.26. The number of nitrogens with one attached hydrogen (secondary N) is 1. The molecule has 0 fully saturated rings. The van der Waals surface area contributed by atoms with Gasteiger partial charge in [-0.1, -0.05) is 6.92 Å². The first kappa shape index (κ1) is 14.6. The lowest BCUT2D eigenvalue weighted by Gasteiger charge is -2.19. The molecule has 0 bridgehead atoms. The van der Waals surface area contributed by atoms with Crippen molar-refractivity contribution in [3.05, 3.63) is 16.6 Å². The van der Waals surface area contributed by atoms with Crippen LogP contribution in [-0.4, -0.2) is 37.8 Å². The van der Waals surface area contributed by atoms with Crippen molar-refractivity contribution in [1.29, 1.82) is 0 Å². The monoisotopic (exact) mass is 257 g/mol. The summed E-state index contributed by atoms with van der Waals surface area (Å²) < 4.78 is 5.21. The number of hydrogen-bond acceptors (Lipinski definition) is 5. The van der Waals surface area contributed by atoms with E-state index in [1.54, 1.807) is 18.4 Å². The topological polar surface area (TPSA) is 60.2 Å². The van der Waals surface area contributed by atoms with Crippen molar-refractivity contribution in [3.63, 3.8) is 0 Å². The molecule has 0 amide bonds. The van der Waals surface area contributed by atoms with Crippen LogP contribution in [-0.2, 0) is 4.74 Å². The largest absolute Gasteiger partial charge is 0.383 e. The Bertz CT molecular complexity index is 279. The SMILES string of the molecule is COCC(CCCN)NCC(C)c1nccs1. The summed E-state index contributed by atoms with van der Waals surface area (Å²) in [5.74, 6) is 0.451. The number of rotatable bonds is 9. The molecule has 4 nitrogen and oxygen atoms in total. The van der Waals surface area contributed by atoms with Crippen LogP contribution < -0.4 is 11.1 Å². The van der Waals surface area contributed by atoms with E-state index in [0.29, 0.717) is 12.0 Å². The second kappa shape index (κ2) is 8.58. The average Bonchev–Trinajstić information content (AvgIpc) is 2.86. The maximum atomic E-state index is 5.53. The van der Waals surface area contributed by atoms with Gasteiger partial charge in [0.05, 0.1) is 11.6 Å². The van der Waals surface area contributed by atoms with Gasteiger partial charge in [-0.05, 0) is 19.4 Å². The summed E-state index contributed by atoms with van der Waals surface area (Å²) in [7, 11) is 1.74. The zero-order chi connectivity index (χ0) is 12.5. The van der Waals surface area contributed by atoms with Crippen molar-refractivity contribution in [1.82, 2.24) is 10.3 Å². The maximum absolute atomic E-state index is 5.53. The number of hydrogen-bond donors (Lipinski definition) is 2. The minimum Gasteiger partial charge on any atom is -0.383 e. The number of nitrogens with zero attached hydrogens (tertiary/aromatic N) is 1. The van der Waals surface area contributed by atoms with Gasteiger partial charge in [0.1, 0.15) is 0 Å². The van der Waals surface area contributed by atoms with E-state index in [0.717, 1.165) is 32.5 Å². The van der Waals surface area contributed by atoms with Crippen LogP contribution in [0.5, 0.6) is 0 Å². The zero-order valence-electron chi connectivity index (χ0n) is 10.7. The van der Waals surface area contributed by atoms with Gasteiger partial charge in [0.2, 0.25) is 0 Å². The van der Waals surface area contributed by atoms with Crippen molar-refractivity contribution in [2.75, 3.05) is 26.8 Å². The van der Waals surface area contributed by atoms with Crippen molar-refractivity contribution in [3.8, 4) is 0 Å². The molecule has 1 rings (SSSR count). The van der Waals surface area contributed by atoms with Crippen LogP contribution in [0.25, 0.3) is 0 Å². The number of aromatic nitrogens is 1. The highest BCUT2D eigenvalue weighted by molar-refractivity contribution is 7.09. The summed E-state index contributed by atoms with van der Waals surface area (Å²) in [5, 5.41) is 6.74. The van der Waals surface area contributed by atoms with E-state index in [-0.39, 0.29) is 0 Å². The molecular weight excluding hydrogens is 234 g/mol. The molecular formula is C12H23N3OS. The van der Waals surface area contributed by atoms with E-state index in [2.05, 4.69) is 17.2 Å². The molecule has 0 aromatic carbocycles. The van der Waals surface area contributed by atoms with Crippen LogP contribution in [0.15, 0.2) is 11.6 Å². The molecule has 17 heavy (non-hydrogen) atoms. The Balaban J connectivity index is 2.30. The zero-order valence-corrected chi connectivity index (χ0v) is 11.5. The van der Waals surface area contributed by atoms with Crippen LogP contribution in [0.1, 0.15) is 30.7 Å². The predicted molar refractivity (Wildman–Crippen MR) is 72.5 cm³/mol. The van der Waals surface area contributed by atoms with E-state index in [1.807, 2.05) is 11.6 Å². The van der Waals surface area contributed by atoms with E-state index < -0.39 is 0 Å². The van der Waals surface area contributed by atoms with E-state index in [4.69, 9.17) is 10.5 Å². The third kappa shape index (κ3) is 5.59. The summed E-state index contributed by atoms with van der Waals surface area (Å²) in [6.45, 7) is 4.61. The van der Waals surface area contributed by atoms with Crippen molar-refractivity contribution in [2.24, 2.45) is 5.73 Å². The Morgan fingerprint density at radius 2 is 2.41 bits per heavy atom. The quantitative estimate of drug-likeness (QED) is 0.705. The fraction of sp³-hybridized carbons (Fsp3) is 0.750. The second-order valence-corrected chi connectivity index (χ2v) is 5.19. The van der Waals surface area contributed by atoms with Crippen LogP contribution in [0.4, 0.5) is 0 Å². The van der Waals surface area contributed by atoms with Crippen molar-refractivity contribution in [2.45, 2.75) is 31.7 Å². The fourth-order valence-electron chi connectivity index (χ4n) is 1.72. The molecule has 0 saturated heterocycles. The van der Waals surface area contributed by atoms with Gasteiger partial charge in [-0.2, -0.15) is 0 Å². The summed E-state index contributed by atoms with van der Waals surface area (Å²) in [4.78, 5) is 4.33. The molecule has 3 N–H and O–H groups in total. The van der Waals surface area contributed by atoms with Crippen LogP contribution in [0.3, 0.4) is 0 Å². The smallest absolute Gasteiger partial charge is 0.0965 e. The number of nitrogens with two attached hydrogens (primary N) is 1. The lowest BCUT2D eigenvalue weighted by Crippen LogP contribution is -2.36. The summed E-state index contributed by atoms with van der Waals surface area (Å²) in [5.41, 5.74) is 5.53. The fourth-order valence-corrected chi connectivity index (χ4v) is 2.42. The molecule has 5 heteroatoms. The van der Waals surface area contributed by atoms with E-state index in [1.165, 1.54) is 5.01 Å². The number of thiazole rings is 1. The Kier molecular flexibility index (Phi) is 7.35. The normalized spacial score (nSPS) is 14.8. The Hall–Kier alpha value is -0.490.